The first-order valence-electron chi connectivity index (χ1n) is 8.33. The molecule has 0 radical (unpaired) electrons. The number of anilines is 1. The lowest BCUT2D eigenvalue weighted by molar-refractivity contribution is -0.118. The van der Waals surface area contributed by atoms with Crippen molar-refractivity contribution in [2.45, 2.75) is 6.04 Å². The van der Waals surface area contributed by atoms with Crippen LogP contribution in [0.3, 0.4) is 0 Å². The molecule has 6 nitrogen and oxygen atoms in total. The molecule has 3 rings (SSSR count). The number of nitrogens with one attached hydrogen (secondary N) is 2. The number of aromatic nitrogens is 1. The van der Waals surface area contributed by atoms with Gasteiger partial charge in [0.05, 0.1) is 12.1 Å². The predicted molar refractivity (Wildman–Crippen MR) is 94.9 cm³/mol. The van der Waals surface area contributed by atoms with E-state index in [9.17, 15) is 36.6 Å². The van der Waals surface area contributed by atoms with Crippen molar-refractivity contribution in [1.29, 1.82) is 0 Å². The van der Waals surface area contributed by atoms with Crippen LogP contribution >= 0.6 is 0 Å². The minimum atomic E-state index is -2.43. The Balaban J connectivity index is 1.81. The monoisotopic (exact) mass is 425 g/mol. The Bertz CT molecular complexity index is 1130. The highest BCUT2D eigenvalue weighted by Crippen LogP contribution is 2.23. The van der Waals surface area contributed by atoms with E-state index in [0.717, 1.165) is 0 Å². The summed E-state index contributed by atoms with van der Waals surface area (Å²) in [5.74, 6) is -14.5. The Labute approximate surface area is 165 Å². The van der Waals surface area contributed by atoms with E-state index in [1.165, 1.54) is 6.07 Å². The number of amides is 2. The van der Waals surface area contributed by atoms with Gasteiger partial charge in [-0.25, -0.2) is 22.0 Å². The van der Waals surface area contributed by atoms with Crippen LogP contribution in [-0.2, 0) is 4.79 Å². The summed E-state index contributed by atoms with van der Waals surface area (Å²) in [6.45, 7) is -1.01. The Morgan fingerprint density at radius 2 is 1.60 bits per heavy atom. The van der Waals surface area contributed by atoms with Gasteiger partial charge < -0.3 is 15.7 Å². The van der Waals surface area contributed by atoms with Crippen molar-refractivity contribution in [3.05, 3.63) is 71.2 Å². The summed E-state index contributed by atoms with van der Waals surface area (Å²) in [6.07, 6.45) is 1.57. The molecule has 0 spiro atoms. The van der Waals surface area contributed by atoms with Gasteiger partial charge in [-0.2, -0.15) is 0 Å². The maximum atomic E-state index is 13.8. The van der Waals surface area contributed by atoms with Crippen LogP contribution in [0, 0.1) is 29.1 Å². The van der Waals surface area contributed by atoms with Crippen LogP contribution in [0.1, 0.15) is 10.4 Å². The first-order chi connectivity index (χ1) is 14.2. The van der Waals surface area contributed by atoms with Crippen molar-refractivity contribution in [2.75, 3.05) is 11.9 Å². The SMILES string of the molecule is O=C(NC(CO)C(=O)Nc1ccc2ncccc2c1)c1c(F)c(F)c(F)c(F)c1F. The Hall–Kier alpha value is -3.60. The number of hydrogen-bond donors (Lipinski definition) is 3. The van der Waals surface area contributed by atoms with Gasteiger partial charge in [-0.3, -0.25) is 14.6 Å². The molecule has 2 amide bonds. The minimum absolute atomic E-state index is 0.254. The van der Waals surface area contributed by atoms with Crippen molar-refractivity contribution >= 4 is 28.4 Å². The molecular formula is C19H12F5N3O3. The zero-order valence-corrected chi connectivity index (χ0v) is 14.8. The lowest BCUT2D eigenvalue weighted by Crippen LogP contribution is -2.46. The van der Waals surface area contributed by atoms with Gasteiger partial charge in [-0.05, 0) is 24.3 Å². The lowest BCUT2D eigenvalue weighted by Gasteiger charge is -2.17. The number of aliphatic hydroxyl groups excluding tert-OH is 1. The number of pyridine rings is 1. The maximum Gasteiger partial charge on any atom is 0.258 e. The second kappa shape index (κ2) is 8.41. The van der Waals surface area contributed by atoms with Crippen molar-refractivity contribution in [2.24, 2.45) is 0 Å². The molecule has 1 atom stereocenters. The number of carbonyl (C=O) groups is 2. The Morgan fingerprint density at radius 1 is 0.967 bits per heavy atom. The van der Waals surface area contributed by atoms with E-state index in [1.807, 2.05) is 0 Å². The van der Waals surface area contributed by atoms with E-state index >= 15 is 0 Å². The number of halogens is 5. The third kappa shape index (κ3) is 3.92. The first-order valence-corrected chi connectivity index (χ1v) is 8.33. The molecule has 0 aliphatic carbocycles. The smallest absolute Gasteiger partial charge is 0.258 e. The second-order valence-corrected chi connectivity index (χ2v) is 6.05. The van der Waals surface area contributed by atoms with Crippen LogP contribution in [0.25, 0.3) is 10.9 Å². The van der Waals surface area contributed by atoms with Gasteiger partial charge in [0.2, 0.25) is 11.7 Å². The van der Waals surface area contributed by atoms with Crippen LogP contribution in [0.5, 0.6) is 0 Å². The molecule has 1 unspecified atom stereocenters. The Kier molecular flexibility index (Phi) is 5.92. The predicted octanol–water partition coefficient (Wildman–Crippen LogP) is 2.66. The number of fused-ring (bicyclic) bond motifs is 1. The van der Waals surface area contributed by atoms with Crippen LogP contribution < -0.4 is 10.6 Å². The standard InChI is InChI=1S/C19H12F5N3O3/c20-13-12(14(21)16(23)17(24)15(13)22)19(30)27-11(7-28)18(29)26-9-3-4-10-8(6-9)2-1-5-25-10/h1-6,11,28H,7H2,(H,26,29)(H,27,30). The molecule has 0 aliphatic rings. The summed E-state index contributed by atoms with van der Waals surface area (Å²) in [4.78, 5) is 28.5. The molecule has 0 aliphatic heterocycles. The molecule has 0 saturated heterocycles. The topological polar surface area (TPSA) is 91.3 Å². The van der Waals surface area contributed by atoms with E-state index < -0.39 is 59.1 Å². The van der Waals surface area contributed by atoms with Gasteiger partial charge in [-0.1, -0.05) is 6.07 Å². The summed E-state index contributed by atoms with van der Waals surface area (Å²) < 4.78 is 67.2. The summed E-state index contributed by atoms with van der Waals surface area (Å²) in [5, 5.41) is 14.1. The number of carbonyl (C=O) groups excluding carboxylic acids is 2. The number of hydrogen-bond acceptors (Lipinski definition) is 4. The van der Waals surface area contributed by atoms with Crippen molar-refractivity contribution < 1.29 is 36.6 Å². The van der Waals surface area contributed by atoms with E-state index in [4.69, 9.17) is 0 Å². The molecule has 2 aromatic carbocycles. The van der Waals surface area contributed by atoms with Crippen LogP contribution in [-0.4, -0.2) is 34.6 Å². The fraction of sp³-hybridized carbons (Fsp3) is 0.105. The van der Waals surface area contributed by atoms with Gasteiger partial charge in [0.25, 0.3) is 5.91 Å². The highest BCUT2D eigenvalue weighted by atomic mass is 19.2. The number of aliphatic hydroxyl groups is 1. The first kappa shape index (κ1) is 21.1. The van der Waals surface area contributed by atoms with E-state index in [0.29, 0.717) is 10.9 Å². The van der Waals surface area contributed by atoms with Crippen LogP contribution in [0.15, 0.2) is 36.5 Å². The lowest BCUT2D eigenvalue weighted by atomic mass is 10.1. The van der Waals surface area contributed by atoms with Gasteiger partial charge in [0.1, 0.15) is 11.6 Å². The highest BCUT2D eigenvalue weighted by molar-refractivity contribution is 6.02. The molecule has 3 N–H and O–H groups in total. The van der Waals surface area contributed by atoms with Crippen molar-refractivity contribution in [3.63, 3.8) is 0 Å². The highest BCUT2D eigenvalue weighted by Gasteiger charge is 2.31. The molecule has 0 fully saturated rings. The van der Waals surface area contributed by atoms with Gasteiger partial charge in [0.15, 0.2) is 23.3 Å². The molecule has 3 aromatic rings. The molecule has 30 heavy (non-hydrogen) atoms. The van der Waals surface area contributed by atoms with Gasteiger partial charge in [0, 0.05) is 17.3 Å². The fourth-order valence-corrected chi connectivity index (χ4v) is 2.61. The summed E-state index contributed by atoms with van der Waals surface area (Å²) >= 11 is 0. The van der Waals surface area contributed by atoms with Gasteiger partial charge >= 0.3 is 0 Å². The third-order valence-corrected chi connectivity index (χ3v) is 4.11. The normalized spacial score (nSPS) is 11.9. The summed E-state index contributed by atoms with van der Waals surface area (Å²) in [5.41, 5.74) is -0.882. The van der Waals surface area contributed by atoms with E-state index in [-0.39, 0.29) is 5.69 Å². The molecule has 1 aromatic heterocycles. The van der Waals surface area contributed by atoms with Gasteiger partial charge in [-0.15, -0.1) is 0 Å². The molecular weight excluding hydrogens is 413 g/mol. The largest absolute Gasteiger partial charge is 0.394 e. The van der Waals surface area contributed by atoms with Crippen LogP contribution in [0.4, 0.5) is 27.6 Å². The zero-order chi connectivity index (χ0) is 22.0. The number of nitrogens with zero attached hydrogens (tertiary/aromatic N) is 1. The van der Waals surface area contributed by atoms with E-state index in [1.54, 1.807) is 35.8 Å². The third-order valence-electron chi connectivity index (χ3n) is 4.11. The van der Waals surface area contributed by atoms with Crippen LogP contribution in [0.2, 0.25) is 0 Å². The molecule has 156 valence electrons. The molecule has 11 heteroatoms. The number of benzene rings is 2. The average molecular weight is 425 g/mol. The second-order valence-electron chi connectivity index (χ2n) is 6.05. The summed E-state index contributed by atoms with van der Waals surface area (Å²) in [6, 6.07) is 6.25. The maximum absolute atomic E-state index is 13.8. The fourth-order valence-electron chi connectivity index (χ4n) is 2.61. The Morgan fingerprint density at radius 3 is 2.23 bits per heavy atom. The zero-order valence-electron chi connectivity index (χ0n) is 14.8. The van der Waals surface area contributed by atoms with Crippen molar-refractivity contribution in [3.8, 4) is 0 Å². The molecule has 1 heterocycles. The minimum Gasteiger partial charge on any atom is -0.394 e. The number of rotatable bonds is 5. The quantitative estimate of drug-likeness (QED) is 0.333. The molecule has 0 bridgehead atoms. The average Bonchev–Trinajstić information content (AvgIpc) is 2.74. The molecule has 0 saturated carbocycles. The van der Waals surface area contributed by atoms with E-state index in [2.05, 4.69) is 10.3 Å². The summed E-state index contributed by atoms with van der Waals surface area (Å²) in [7, 11) is 0. The van der Waals surface area contributed by atoms with Crippen molar-refractivity contribution in [1.82, 2.24) is 10.3 Å².